The van der Waals surface area contributed by atoms with E-state index in [9.17, 15) is 8.42 Å². The molecule has 2 heterocycles. The van der Waals surface area contributed by atoms with Crippen molar-refractivity contribution in [3.8, 4) is 11.4 Å². The predicted octanol–water partition coefficient (Wildman–Crippen LogP) is 2.96. The molecule has 9 nitrogen and oxygen atoms in total. The van der Waals surface area contributed by atoms with E-state index in [4.69, 9.17) is 21.4 Å². The van der Waals surface area contributed by atoms with Crippen LogP contribution in [0.1, 0.15) is 12.8 Å². The van der Waals surface area contributed by atoms with E-state index < -0.39 is 10.0 Å². The number of pyridine rings is 1. The monoisotopic (exact) mass is 464 g/mol. The molecular formula is C20H25ClN6O3S. The van der Waals surface area contributed by atoms with Gasteiger partial charge in [-0.05, 0) is 39.1 Å². The first-order chi connectivity index (χ1) is 14.8. The van der Waals surface area contributed by atoms with E-state index in [0.29, 0.717) is 47.5 Å². The zero-order valence-electron chi connectivity index (χ0n) is 17.6. The van der Waals surface area contributed by atoms with Crippen LogP contribution >= 0.6 is 11.6 Å². The third kappa shape index (κ3) is 4.70. The minimum absolute atomic E-state index is 0.307. The molecular weight excluding hydrogens is 440 g/mol. The van der Waals surface area contributed by atoms with E-state index in [2.05, 4.69) is 19.9 Å². The summed E-state index contributed by atoms with van der Waals surface area (Å²) in [6.45, 7) is 1.55. The summed E-state index contributed by atoms with van der Waals surface area (Å²) >= 11 is 6.15. The zero-order chi connectivity index (χ0) is 22.2. The molecule has 1 aromatic carbocycles. The molecule has 1 saturated carbocycles. The quantitative estimate of drug-likeness (QED) is 0.469. The average Bonchev–Trinajstić information content (AvgIpc) is 3.52. The second kappa shape index (κ2) is 8.52. The van der Waals surface area contributed by atoms with Crippen LogP contribution in [0.15, 0.2) is 30.5 Å². The maximum absolute atomic E-state index is 12.3. The molecule has 1 fully saturated rings. The van der Waals surface area contributed by atoms with Crippen LogP contribution in [0, 0.1) is 0 Å². The van der Waals surface area contributed by atoms with Gasteiger partial charge in [0.1, 0.15) is 16.6 Å². The van der Waals surface area contributed by atoms with E-state index in [1.54, 1.807) is 35.1 Å². The van der Waals surface area contributed by atoms with E-state index in [1.165, 1.54) is 7.11 Å². The summed E-state index contributed by atoms with van der Waals surface area (Å²) in [5.41, 5.74) is 1.87. The first-order valence-electron chi connectivity index (χ1n) is 9.91. The van der Waals surface area contributed by atoms with Gasteiger partial charge in [-0.3, -0.25) is 4.72 Å². The van der Waals surface area contributed by atoms with Crippen LogP contribution in [0.25, 0.3) is 16.6 Å². The lowest BCUT2D eigenvalue weighted by Crippen LogP contribution is -2.21. The molecule has 2 aromatic heterocycles. The Balaban J connectivity index is 1.72. The van der Waals surface area contributed by atoms with Crippen molar-refractivity contribution in [2.75, 3.05) is 44.3 Å². The predicted molar refractivity (Wildman–Crippen MR) is 123 cm³/mol. The number of ether oxygens (including phenoxy) is 1. The number of aromatic nitrogens is 3. The van der Waals surface area contributed by atoms with Gasteiger partial charge in [0.05, 0.1) is 29.0 Å². The lowest BCUT2D eigenvalue weighted by molar-refractivity contribution is 0.412. The Hall–Kier alpha value is -2.56. The Kier molecular flexibility index (Phi) is 5.96. The lowest BCUT2D eigenvalue weighted by atomic mass is 10.2. The van der Waals surface area contributed by atoms with E-state index in [-0.39, 0.29) is 5.25 Å². The molecule has 0 spiro atoms. The molecule has 0 aliphatic heterocycles. The molecule has 0 saturated heterocycles. The minimum atomic E-state index is -3.36. The number of anilines is 2. The molecule has 0 atom stereocenters. The van der Waals surface area contributed by atoms with Gasteiger partial charge in [-0.25, -0.2) is 18.1 Å². The number of benzene rings is 1. The number of nitrogens with one attached hydrogen (secondary N) is 2. The smallest absolute Gasteiger partial charge is 0.235 e. The number of sulfonamides is 1. The van der Waals surface area contributed by atoms with Crippen LogP contribution < -0.4 is 14.8 Å². The molecule has 3 aromatic rings. The Morgan fingerprint density at radius 2 is 2.06 bits per heavy atom. The second-order valence-corrected chi connectivity index (χ2v) is 10.1. The van der Waals surface area contributed by atoms with Gasteiger partial charge in [0.2, 0.25) is 10.0 Å². The number of likely N-dealkylation sites (N-methyl/N-ethyl adjacent to an activating group) is 1. The first-order valence-corrected chi connectivity index (χ1v) is 11.8. The highest BCUT2D eigenvalue weighted by Crippen LogP contribution is 2.34. The number of rotatable bonds is 9. The van der Waals surface area contributed by atoms with Gasteiger partial charge in [-0.2, -0.15) is 0 Å². The van der Waals surface area contributed by atoms with Crippen LogP contribution in [-0.2, 0) is 10.0 Å². The van der Waals surface area contributed by atoms with Crippen LogP contribution in [-0.4, -0.2) is 67.6 Å². The fraction of sp³-hybridized carbons (Fsp3) is 0.400. The highest BCUT2D eigenvalue weighted by molar-refractivity contribution is 7.93. The van der Waals surface area contributed by atoms with Gasteiger partial charge in [0, 0.05) is 31.4 Å². The summed E-state index contributed by atoms with van der Waals surface area (Å²) in [6.07, 6.45) is 3.08. The van der Waals surface area contributed by atoms with Crippen LogP contribution in [0.4, 0.5) is 11.5 Å². The average molecular weight is 465 g/mol. The third-order valence-corrected chi connectivity index (χ3v) is 7.09. The molecule has 31 heavy (non-hydrogen) atoms. The van der Waals surface area contributed by atoms with E-state index in [0.717, 1.165) is 17.4 Å². The molecule has 11 heteroatoms. The Morgan fingerprint density at radius 3 is 2.74 bits per heavy atom. The molecule has 4 rings (SSSR count). The summed E-state index contributed by atoms with van der Waals surface area (Å²) in [6, 6.07) is 6.87. The Labute approximate surface area is 186 Å². The highest BCUT2D eigenvalue weighted by Gasteiger charge is 2.35. The Bertz CT molecular complexity index is 1210. The van der Waals surface area contributed by atoms with Crippen LogP contribution in [0.3, 0.4) is 0 Å². The van der Waals surface area contributed by atoms with E-state index >= 15 is 0 Å². The van der Waals surface area contributed by atoms with Gasteiger partial charge >= 0.3 is 0 Å². The van der Waals surface area contributed by atoms with Crippen molar-refractivity contribution in [3.05, 3.63) is 35.6 Å². The van der Waals surface area contributed by atoms with Crippen molar-refractivity contribution in [2.24, 2.45) is 0 Å². The molecule has 0 amide bonds. The fourth-order valence-corrected chi connectivity index (χ4v) is 4.77. The summed E-state index contributed by atoms with van der Waals surface area (Å²) in [5.74, 6) is 1.16. The number of halogens is 1. The molecule has 166 valence electrons. The number of fused-ring (bicyclic) bond motifs is 1. The summed E-state index contributed by atoms with van der Waals surface area (Å²) in [5, 5.41) is 8.92. The molecule has 0 radical (unpaired) electrons. The highest BCUT2D eigenvalue weighted by atomic mass is 35.5. The summed E-state index contributed by atoms with van der Waals surface area (Å²) < 4.78 is 34.5. The van der Waals surface area contributed by atoms with Crippen molar-refractivity contribution in [2.45, 2.75) is 18.1 Å². The normalized spacial score (nSPS) is 14.2. The topological polar surface area (TPSA) is 101 Å². The van der Waals surface area contributed by atoms with Gasteiger partial charge in [0.15, 0.2) is 5.82 Å². The van der Waals surface area contributed by atoms with Crippen LogP contribution in [0.5, 0.6) is 5.75 Å². The zero-order valence-corrected chi connectivity index (χ0v) is 19.2. The SMILES string of the molecule is COc1cc(NS(=O)(=O)C2CC2)ccc1-n1nc(NCCN(C)C)c2cnc(Cl)cc21. The van der Waals surface area contributed by atoms with Crippen molar-refractivity contribution in [1.82, 2.24) is 19.7 Å². The Morgan fingerprint density at radius 1 is 1.29 bits per heavy atom. The third-order valence-electron chi connectivity index (χ3n) is 5.01. The standard InChI is InChI=1S/C20H25ClN6O3S/c1-26(2)9-8-22-20-15-12-23-19(21)11-17(15)27(24-20)16-7-4-13(10-18(16)30-3)25-31(28,29)14-5-6-14/h4,7,10-12,14,25H,5-6,8-9H2,1-3H3,(H,22,24). The summed E-state index contributed by atoms with van der Waals surface area (Å²) in [7, 11) is 2.18. The number of hydrogen-bond donors (Lipinski definition) is 2. The maximum Gasteiger partial charge on any atom is 0.235 e. The van der Waals surface area contributed by atoms with Crippen molar-refractivity contribution in [3.63, 3.8) is 0 Å². The fourth-order valence-electron chi connectivity index (χ4n) is 3.24. The molecule has 1 aliphatic rings. The maximum atomic E-state index is 12.3. The van der Waals surface area contributed by atoms with Gasteiger partial charge < -0.3 is 15.0 Å². The lowest BCUT2D eigenvalue weighted by Gasteiger charge is -2.13. The van der Waals surface area contributed by atoms with Crippen molar-refractivity contribution < 1.29 is 13.2 Å². The number of hydrogen-bond acceptors (Lipinski definition) is 7. The van der Waals surface area contributed by atoms with Crippen molar-refractivity contribution >= 4 is 44.0 Å². The molecule has 0 unspecified atom stereocenters. The second-order valence-electron chi connectivity index (χ2n) is 7.75. The first kappa shape index (κ1) is 21.7. The number of methoxy groups -OCH3 is 1. The van der Waals surface area contributed by atoms with Gasteiger partial charge in [-0.1, -0.05) is 11.6 Å². The number of nitrogens with zero attached hydrogens (tertiary/aromatic N) is 4. The summed E-state index contributed by atoms with van der Waals surface area (Å²) in [4.78, 5) is 6.27. The largest absolute Gasteiger partial charge is 0.494 e. The van der Waals surface area contributed by atoms with Crippen LogP contribution in [0.2, 0.25) is 5.15 Å². The molecule has 1 aliphatic carbocycles. The molecule has 2 N–H and O–H groups in total. The van der Waals surface area contributed by atoms with Gasteiger partial charge in [-0.15, -0.1) is 5.10 Å². The molecule has 0 bridgehead atoms. The van der Waals surface area contributed by atoms with Gasteiger partial charge in [0.25, 0.3) is 0 Å². The van der Waals surface area contributed by atoms with Crippen molar-refractivity contribution in [1.29, 1.82) is 0 Å². The van der Waals surface area contributed by atoms with E-state index in [1.807, 2.05) is 14.1 Å². The minimum Gasteiger partial charge on any atom is -0.494 e.